The number of hydrogen-bond donors (Lipinski definition) is 2. The van der Waals surface area contributed by atoms with Gasteiger partial charge in [0.2, 0.25) is 0 Å². The lowest BCUT2D eigenvalue weighted by molar-refractivity contribution is 0.0651. The summed E-state index contributed by atoms with van der Waals surface area (Å²) in [5.74, 6) is 0.0160. The Bertz CT molecular complexity index is 1270. The molecule has 0 bridgehead atoms. The third kappa shape index (κ3) is 5.39. The van der Waals surface area contributed by atoms with E-state index in [1.807, 2.05) is 24.3 Å². The lowest BCUT2D eigenvalue weighted by atomic mass is 9.87. The predicted molar refractivity (Wildman–Crippen MR) is 142 cm³/mol. The summed E-state index contributed by atoms with van der Waals surface area (Å²) in [4.78, 5) is 23.8. The number of carbonyl (C=O) groups is 2. The first-order valence-electron chi connectivity index (χ1n) is 12.4. The van der Waals surface area contributed by atoms with Crippen LogP contribution in [0.5, 0.6) is 23.0 Å². The zero-order chi connectivity index (χ0) is 27.4. The number of fused-ring (bicyclic) bond motifs is 3. The highest BCUT2D eigenvalue weighted by Crippen LogP contribution is 2.35. The first-order chi connectivity index (χ1) is 18.3. The van der Waals surface area contributed by atoms with Crippen LogP contribution in [0.1, 0.15) is 54.1 Å². The van der Waals surface area contributed by atoms with Gasteiger partial charge in [0.15, 0.2) is 23.0 Å². The molecule has 38 heavy (non-hydrogen) atoms. The van der Waals surface area contributed by atoms with E-state index in [9.17, 15) is 19.8 Å². The average molecular weight is 521 g/mol. The molecule has 0 heterocycles. The van der Waals surface area contributed by atoms with Gasteiger partial charge in [0, 0.05) is 0 Å². The van der Waals surface area contributed by atoms with Gasteiger partial charge in [-0.2, -0.15) is 0 Å². The van der Waals surface area contributed by atoms with Gasteiger partial charge in [-0.25, -0.2) is 9.59 Å². The van der Waals surface area contributed by atoms with Crippen molar-refractivity contribution in [3.8, 4) is 23.0 Å². The minimum absolute atomic E-state index is 0.206. The van der Waals surface area contributed by atoms with Gasteiger partial charge in [-0.1, -0.05) is 0 Å². The van der Waals surface area contributed by atoms with Crippen molar-refractivity contribution in [3.05, 3.63) is 80.9 Å². The minimum Gasteiger partial charge on any atom is -0.493 e. The lowest BCUT2D eigenvalue weighted by Crippen LogP contribution is -2.13. The van der Waals surface area contributed by atoms with Crippen LogP contribution < -0.4 is 18.9 Å². The number of aryl methyl sites for hydroxylation is 6. The van der Waals surface area contributed by atoms with Crippen molar-refractivity contribution in [1.82, 2.24) is 0 Å². The fourth-order valence-corrected chi connectivity index (χ4v) is 5.17. The van der Waals surface area contributed by atoms with Crippen molar-refractivity contribution in [2.24, 2.45) is 0 Å². The molecule has 0 radical (unpaired) electrons. The van der Waals surface area contributed by atoms with Crippen LogP contribution >= 0.6 is 0 Å². The summed E-state index contributed by atoms with van der Waals surface area (Å²) in [6.07, 6.45) is 3.88. The van der Waals surface area contributed by atoms with Gasteiger partial charge in [0.05, 0.1) is 39.6 Å². The van der Waals surface area contributed by atoms with Crippen LogP contribution in [0.15, 0.2) is 36.4 Å². The normalized spacial score (nSPS) is 13.1. The third-order valence-electron chi connectivity index (χ3n) is 7.20. The maximum absolute atomic E-state index is 11.9. The van der Waals surface area contributed by atoms with E-state index in [4.69, 9.17) is 18.9 Å². The molecule has 0 fully saturated rings. The summed E-state index contributed by atoms with van der Waals surface area (Å²) in [6, 6.07) is 11.0. The second-order valence-corrected chi connectivity index (χ2v) is 9.23. The summed E-state index contributed by atoms with van der Waals surface area (Å²) < 4.78 is 22.2. The van der Waals surface area contributed by atoms with Crippen LogP contribution in [-0.4, -0.2) is 50.6 Å². The largest absolute Gasteiger partial charge is 0.493 e. The van der Waals surface area contributed by atoms with Crippen molar-refractivity contribution in [1.29, 1.82) is 0 Å². The van der Waals surface area contributed by atoms with E-state index in [0.717, 1.165) is 46.2 Å². The second kappa shape index (κ2) is 11.5. The highest BCUT2D eigenvalue weighted by Gasteiger charge is 2.22. The highest BCUT2D eigenvalue weighted by molar-refractivity contribution is 6.02. The zero-order valence-electron chi connectivity index (χ0n) is 22.1. The summed E-state index contributed by atoms with van der Waals surface area (Å²) in [6.45, 7) is 0. The van der Waals surface area contributed by atoms with Gasteiger partial charge in [-0.05, 0) is 108 Å². The molecule has 0 unspecified atom stereocenters. The van der Waals surface area contributed by atoms with Gasteiger partial charge >= 0.3 is 11.9 Å². The molecule has 3 aromatic carbocycles. The summed E-state index contributed by atoms with van der Waals surface area (Å²) >= 11 is 0. The first-order valence-corrected chi connectivity index (χ1v) is 12.4. The third-order valence-corrected chi connectivity index (χ3v) is 7.20. The van der Waals surface area contributed by atoms with E-state index in [0.29, 0.717) is 48.7 Å². The fourth-order valence-electron chi connectivity index (χ4n) is 5.17. The van der Waals surface area contributed by atoms with E-state index < -0.39 is 11.9 Å². The number of aromatic carboxylic acids is 2. The maximum atomic E-state index is 11.9. The number of carboxylic acids is 2. The second-order valence-electron chi connectivity index (χ2n) is 9.23. The Kier molecular flexibility index (Phi) is 8.10. The van der Waals surface area contributed by atoms with Crippen LogP contribution in [0.25, 0.3) is 0 Å². The molecule has 0 aromatic heterocycles. The Morgan fingerprint density at radius 1 is 0.474 bits per heavy atom. The molecule has 8 nitrogen and oxygen atoms in total. The number of carboxylic acid groups (broad SMARTS) is 2. The van der Waals surface area contributed by atoms with Gasteiger partial charge in [-0.15, -0.1) is 0 Å². The first kappa shape index (κ1) is 26.9. The molecule has 3 aromatic rings. The number of methoxy groups -OCH3 is 4. The zero-order valence-corrected chi connectivity index (χ0v) is 22.1. The Hall–Kier alpha value is -4.20. The maximum Gasteiger partial charge on any atom is 0.336 e. The van der Waals surface area contributed by atoms with Gasteiger partial charge in [-0.3, -0.25) is 0 Å². The molecule has 0 saturated carbocycles. The van der Waals surface area contributed by atoms with E-state index in [1.54, 1.807) is 28.4 Å². The Morgan fingerprint density at radius 2 is 0.684 bits per heavy atom. The average Bonchev–Trinajstić information content (AvgIpc) is 2.92. The summed E-state index contributed by atoms with van der Waals surface area (Å²) in [5, 5.41) is 19.5. The van der Waals surface area contributed by atoms with Crippen LogP contribution in [0.2, 0.25) is 0 Å². The minimum atomic E-state index is -1.26. The highest BCUT2D eigenvalue weighted by atomic mass is 16.5. The van der Waals surface area contributed by atoms with Crippen molar-refractivity contribution < 1.29 is 38.7 Å². The molecule has 2 N–H and O–H groups in total. The monoisotopic (exact) mass is 520 g/mol. The lowest BCUT2D eigenvalue weighted by Gasteiger charge is -2.20. The number of hydrogen-bond acceptors (Lipinski definition) is 6. The van der Waals surface area contributed by atoms with Crippen LogP contribution in [0, 0.1) is 0 Å². The molecule has 0 atom stereocenters. The standard InChI is InChI=1S/C30H32O8/c1-35-25-13-19-7-5-17-11-23(29(31)32)24(30(33)34)12-18(17)6-8-20-14-26(36-2)28(38-4)16-22(20)10-9-21(19)15-27(25)37-3/h11-16H,5-10H2,1-4H3,(H,31,32)(H,33,34). The number of benzene rings is 3. The van der Waals surface area contributed by atoms with Crippen molar-refractivity contribution >= 4 is 11.9 Å². The Balaban J connectivity index is 1.91. The summed E-state index contributed by atoms with van der Waals surface area (Å²) in [7, 11) is 6.40. The van der Waals surface area contributed by atoms with Gasteiger partial charge in [0.25, 0.3) is 0 Å². The van der Waals surface area contributed by atoms with E-state index in [-0.39, 0.29) is 11.1 Å². The molecule has 8 heteroatoms. The van der Waals surface area contributed by atoms with Crippen LogP contribution in [0.4, 0.5) is 0 Å². The number of rotatable bonds is 6. The van der Waals surface area contributed by atoms with E-state index >= 15 is 0 Å². The Labute approximate surface area is 221 Å². The van der Waals surface area contributed by atoms with Gasteiger partial charge < -0.3 is 29.2 Å². The van der Waals surface area contributed by atoms with Crippen LogP contribution in [-0.2, 0) is 38.5 Å². The predicted octanol–water partition coefficient (Wildman–Crippen LogP) is 4.79. The number of ether oxygens (including phenoxy) is 4. The van der Waals surface area contributed by atoms with E-state index in [1.165, 1.54) is 12.1 Å². The smallest absolute Gasteiger partial charge is 0.336 e. The summed E-state index contributed by atoms with van der Waals surface area (Å²) in [5.41, 5.74) is 5.56. The van der Waals surface area contributed by atoms with Crippen molar-refractivity contribution in [2.45, 2.75) is 38.5 Å². The molecule has 1 aliphatic carbocycles. The van der Waals surface area contributed by atoms with Crippen LogP contribution in [0.3, 0.4) is 0 Å². The van der Waals surface area contributed by atoms with Crippen molar-refractivity contribution in [3.63, 3.8) is 0 Å². The molecule has 0 aliphatic heterocycles. The quantitative estimate of drug-likeness (QED) is 0.477. The topological polar surface area (TPSA) is 112 Å². The van der Waals surface area contributed by atoms with E-state index in [2.05, 4.69) is 0 Å². The molecular formula is C30H32O8. The fraction of sp³-hybridized carbons (Fsp3) is 0.333. The Morgan fingerprint density at radius 3 is 0.868 bits per heavy atom. The van der Waals surface area contributed by atoms with Crippen molar-refractivity contribution in [2.75, 3.05) is 28.4 Å². The molecule has 4 rings (SSSR count). The molecule has 0 saturated heterocycles. The molecule has 200 valence electrons. The molecular weight excluding hydrogens is 488 g/mol. The molecule has 0 spiro atoms. The molecule has 1 aliphatic rings. The molecule has 0 amide bonds. The SMILES string of the molecule is COc1cc2c(cc1OC)CCc1cc(C(=O)O)c(C(=O)O)cc1CCc1cc(OC)c(OC)cc1CC2. The van der Waals surface area contributed by atoms with Gasteiger partial charge in [0.1, 0.15) is 0 Å².